The van der Waals surface area contributed by atoms with Gasteiger partial charge in [-0.2, -0.15) is 0 Å². The molecule has 0 rings (SSSR count). The summed E-state index contributed by atoms with van der Waals surface area (Å²) in [6.45, 7) is 5.66. The Morgan fingerprint density at radius 3 is 2.45 bits per heavy atom. The van der Waals surface area contributed by atoms with Crippen molar-refractivity contribution in [1.82, 2.24) is 5.32 Å². The maximum absolute atomic E-state index is 10.8. The first-order valence-electron chi connectivity index (χ1n) is 3.20. The Hall–Kier alpha value is -0.870. The number of nitrogens with one attached hydrogen (secondary N) is 1. The smallest absolute Gasteiger partial charge is 0.248 e. The second-order valence-electron chi connectivity index (χ2n) is 2.67. The van der Waals surface area contributed by atoms with Crippen LogP contribution in [0, 0.1) is 0 Å². The van der Waals surface area contributed by atoms with E-state index in [4.69, 9.17) is 10.2 Å². The van der Waals surface area contributed by atoms with E-state index in [0.717, 1.165) is 0 Å². The molecule has 11 heavy (non-hydrogen) atoms. The molecule has 0 aliphatic rings. The maximum Gasteiger partial charge on any atom is 0.248 e. The van der Waals surface area contributed by atoms with Crippen LogP contribution in [0.15, 0.2) is 12.2 Å². The average Bonchev–Trinajstić information content (AvgIpc) is 1.87. The molecule has 4 heteroatoms. The number of rotatable bonds is 3. The van der Waals surface area contributed by atoms with Crippen molar-refractivity contribution in [3.63, 3.8) is 0 Å². The molecule has 1 atom stereocenters. The number of hydrogen-bond donors (Lipinski definition) is 3. The highest BCUT2D eigenvalue weighted by Crippen LogP contribution is 1.97. The van der Waals surface area contributed by atoms with Crippen LogP contribution in [0.25, 0.3) is 0 Å². The molecule has 0 saturated heterocycles. The SMILES string of the molecule is C=C(C)C(=O)NC(C)(O)CO. The molecule has 1 amide bonds. The van der Waals surface area contributed by atoms with Gasteiger partial charge in [-0.15, -0.1) is 0 Å². The number of aliphatic hydroxyl groups excluding tert-OH is 1. The first kappa shape index (κ1) is 10.1. The Morgan fingerprint density at radius 1 is 1.73 bits per heavy atom. The normalized spacial score (nSPS) is 15.3. The van der Waals surface area contributed by atoms with Gasteiger partial charge < -0.3 is 15.5 Å². The van der Waals surface area contributed by atoms with Gasteiger partial charge in [-0.3, -0.25) is 4.79 Å². The zero-order chi connectivity index (χ0) is 9.07. The van der Waals surface area contributed by atoms with Crippen molar-refractivity contribution in [2.75, 3.05) is 6.61 Å². The van der Waals surface area contributed by atoms with Crippen molar-refractivity contribution in [2.24, 2.45) is 0 Å². The summed E-state index contributed by atoms with van der Waals surface area (Å²) in [7, 11) is 0. The molecule has 0 heterocycles. The number of carbonyl (C=O) groups excluding carboxylic acids is 1. The quantitative estimate of drug-likeness (QED) is 0.379. The molecule has 0 aromatic carbocycles. The van der Waals surface area contributed by atoms with Gasteiger partial charge in [0.15, 0.2) is 5.72 Å². The lowest BCUT2D eigenvalue weighted by Gasteiger charge is -2.21. The van der Waals surface area contributed by atoms with Crippen LogP contribution in [0.4, 0.5) is 0 Å². The number of hydrogen-bond acceptors (Lipinski definition) is 3. The van der Waals surface area contributed by atoms with Crippen molar-refractivity contribution in [2.45, 2.75) is 19.6 Å². The van der Waals surface area contributed by atoms with Crippen molar-refractivity contribution in [1.29, 1.82) is 0 Å². The Bertz CT molecular complexity index is 175. The summed E-state index contributed by atoms with van der Waals surface area (Å²) in [4.78, 5) is 10.8. The zero-order valence-electron chi connectivity index (χ0n) is 6.72. The van der Waals surface area contributed by atoms with E-state index in [1.807, 2.05) is 0 Å². The van der Waals surface area contributed by atoms with Gasteiger partial charge in [0.25, 0.3) is 0 Å². The lowest BCUT2D eigenvalue weighted by molar-refractivity contribution is -0.126. The molecular formula is C7H13NO3. The van der Waals surface area contributed by atoms with Crippen LogP contribution in [0.5, 0.6) is 0 Å². The third-order valence-corrected chi connectivity index (χ3v) is 1.08. The third kappa shape index (κ3) is 3.75. The molecule has 3 N–H and O–H groups in total. The summed E-state index contributed by atoms with van der Waals surface area (Å²) in [5, 5.41) is 19.8. The molecule has 0 radical (unpaired) electrons. The summed E-state index contributed by atoms with van der Waals surface area (Å²) < 4.78 is 0. The molecule has 4 nitrogen and oxygen atoms in total. The molecule has 64 valence electrons. The Kier molecular flexibility index (Phi) is 3.22. The van der Waals surface area contributed by atoms with Crippen molar-refractivity contribution in [3.05, 3.63) is 12.2 Å². The van der Waals surface area contributed by atoms with Crippen LogP contribution < -0.4 is 5.32 Å². The molecule has 1 unspecified atom stereocenters. The van der Waals surface area contributed by atoms with E-state index in [1.165, 1.54) is 13.8 Å². The van der Waals surface area contributed by atoms with E-state index < -0.39 is 18.2 Å². The van der Waals surface area contributed by atoms with Crippen LogP contribution in [-0.2, 0) is 4.79 Å². The van der Waals surface area contributed by atoms with Gasteiger partial charge in [0, 0.05) is 5.57 Å². The van der Waals surface area contributed by atoms with Gasteiger partial charge in [-0.25, -0.2) is 0 Å². The minimum atomic E-state index is -1.56. The average molecular weight is 159 g/mol. The van der Waals surface area contributed by atoms with Gasteiger partial charge in [-0.1, -0.05) is 6.58 Å². The third-order valence-electron chi connectivity index (χ3n) is 1.08. The van der Waals surface area contributed by atoms with E-state index in [2.05, 4.69) is 11.9 Å². The Balaban J connectivity index is 4.04. The molecule has 0 aliphatic heterocycles. The van der Waals surface area contributed by atoms with Gasteiger partial charge in [0.05, 0.1) is 6.61 Å². The predicted octanol–water partition coefficient (Wildman–Crippen LogP) is -0.621. The molecule has 0 fully saturated rings. The molecular weight excluding hydrogens is 146 g/mol. The van der Waals surface area contributed by atoms with Gasteiger partial charge >= 0.3 is 0 Å². The Morgan fingerprint density at radius 2 is 2.18 bits per heavy atom. The zero-order valence-corrected chi connectivity index (χ0v) is 6.72. The first-order chi connectivity index (χ1) is 4.89. The molecule has 0 aliphatic carbocycles. The Labute approximate surface area is 65.5 Å². The summed E-state index contributed by atoms with van der Waals surface area (Å²) in [5.74, 6) is -0.468. The fraction of sp³-hybridized carbons (Fsp3) is 0.571. The van der Waals surface area contributed by atoms with Crippen molar-refractivity contribution < 1.29 is 15.0 Å². The fourth-order valence-electron chi connectivity index (χ4n) is 0.391. The summed E-state index contributed by atoms with van der Waals surface area (Å²) in [6.07, 6.45) is 0. The van der Waals surface area contributed by atoms with Crippen LogP contribution >= 0.6 is 0 Å². The number of amides is 1. The van der Waals surface area contributed by atoms with Crippen LogP contribution in [0.2, 0.25) is 0 Å². The van der Waals surface area contributed by atoms with Crippen molar-refractivity contribution >= 4 is 5.91 Å². The van der Waals surface area contributed by atoms with Gasteiger partial charge in [0.2, 0.25) is 5.91 Å². The van der Waals surface area contributed by atoms with E-state index >= 15 is 0 Å². The van der Waals surface area contributed by atoms with Gasteiger partial charge in [-0.05, 0) is 13.8 Å². The minimum absolute atomic E-state index is 0.290. The molecule has 0 spiro atoms. The second-order valence-corrected chi connectivity index (χ2v) is 2.67. The molecule has 0 aromatic heterocycles. The van der Waals surface area contributed by atoms with E-state index in [-0.39, 0.29) is 0 Å². The monoisotopic (exact) mass is 159 g/mol. The standard InChI is InChI=1S/C7H13NO3/c1-5(2)6(10)8-7(3,11)4-9/h9,11H,1,4H2,2-3H3,(H,8,10). The van der Waals surface area contributed by atoms with E-state index in [1.54, 1.807) is 0 Å². The summed E-state index contributed by atoms with van der Waals surface area (Å²) in [6, 6.07) is 0. The lowest BCUT2D eigenvalue weighted by atomic mass is 10.2. The highest BCUT2D eigenvalue weighted by Gasteiger charge is 2.21. The van der Waals surface area contributed by atoms with Crippen LogP contribution in [0.3, 0.4) is 0 Å². The largest absolute Gasteiger partial charge is 0.391 e. The van der Waals surface area contributed by atoms with E-state index in [9.17, 15) is 4.79 Å². The summed E-state index contributed by atoms with van der Waals surface area (Å²) >= 11 is 0. The van der Waals surface area contributed by atoms with E-state index in [0.29, 0.717) is 5.57 Å². The minimum Gasteiger partial charge on any atom is -0.391 e. The highest BCUT2D eigenvalue weighted by molar-refractivity contribution is 5.92. The van der Waals surface area contributed by atoms with Gasteiger partial charge in [0.1, 0.15) is 0 Å². The fourth-order valence-corrected chi connectivity index (χ4v) is 0.391. The number of carbonyl (C=O) groups is 1. The van der Waals surface area contributed by atoms with Crippen LogP contribution in [-0.4, -0.2) is 28.5 Å². The molecule has 0 bridgehead atoms. The predicted molar refractivity (Wildman–Crippen MR) is 40.7 cm³/mol. The van der Waals surface area contributed by atoms with Crippen LogP contribution in [0.1, 0.15) is 13.8 Å². The molecule has 0 aromatic rings. The lowest BCUT2D eigenvalue weighted by Crippen LogP contribution is -2.48. The highest BCUT2D eigenvalue weighted by atomic mass is 16.3. The topological polar surface area (TPSA) is 69.6 Å². The second kappa shape index (κ2) is 3.50. The first-order valence-corrected chi connectivity index (χ1v) is 3.20. The molecule has 0 saturated carbocycles. The maximum atomic E-state index is 10.8. The number of aliphatic hydroxyl groups is 2. The van der Waals surface area contributed by atoms with Crippen molar-refractivity contribution in [3.8, 4) is 0 Å². The summed E-state index contributed by atoms with van der Waals surface area (Å²) in [5.41, 5.74) is -1.27.